The number of aromatic nitrogens is 1. The Bertz CT molecular complexity index is 667. The fourth-order valence-electron chi connectivity index (χ4n) is 2.22. The van der Waals surface area contributed by atoms with Crippen LogP contribution in [0.1, 0.15) is 15.9 Å². The van der Waals surface area contributed by atoms with Gasteiger partial charge in [-0.2, -0.15) is 0 Å². The van der Waals surface area contributed by atoms with Crippen LogP contribution in [-0.2, 0) is 0 Å². The lowest BCUT2D eigenvalue weighted by Crippen LogP contribution is -2.33. The molecule has 3 rings (SSSR count). The van der Waals surface area contributed by atoms with E-state index in [1.165, 1.54) is 0 Å². The lowest BCUT2D eigenvalue weighted by Gasteiger charge is -2.22. The molecule has 1 aromatic carbocycles. The molecule has 1 aliphatic heterocycles. The van der Waals surface area contributed by atoms with Gasteiger partial charge in [-0.05, 0) is 30.3 Å². The van der Waals surface area contributed by atoms with Crippen LogP contribution in [0.15, 0.2) is 47.7 Å². The molecule has 0 saturated carbocycles. The molecule has 0 aliphatic carbocycles. The summed E-state index contributed by atoms with van der Waals surface area (Å²) in [6.07, 6.45) is 5.00. The fraction of sp³-hybridized carbons (Fsp3) is 0.133. The molecule has 5 heteroatoms. The number of rotatable bonds is 1. The Morgan fingerprint density at radius 2 is 2.00 bits per heavy atom. The number of fused-ring (bicyclic) bond motifs is 1. The number of pyridine rings is 1. The van der Waals surface area contributed by atoms with Crippen LogP contribution in [0, 0.1) is 0 Å². The molecule has 1 aromatic heterocycles. The van der Waals surface area contributed by atoms with Crippen LogP contribution in [0.2, 0.25) is 0 Å². The number of aliphatic imine (C=N–C) groups is 1. The molecule has 0 spiro atoms. The average molecular weight is 266 g/mol. The van der Waals surface area contributed by atoms with E-state index in [1.807, 2.05) is 12.1 Å². The molecule has 0 bridgehead atoms. The minimum atomic E-state index is -0.0519. The minimum absolute atomic E-state index is 0.0519. The number of nitrogens with zero attached hydrogens (tertiary/aromatic N) is 3. The molecule has 0 atom stereocenters. The summed E-state index contributed by atoms with van der Waals surface area (Å²) >= 11 is 0. The number of anilines is 2. The Balaban J connectivity index is 2.02. The highest BCUT2D eigenvalue weighted by atomic mass is 16.2. The first-order chi connectivity index (χ1) is 9.75. The smallest absolute Gasteiger partial charge is 0.258 e. The summed E-state index contributed by atoms with van der Waals surface area (Å²) in [6.45, 7) is 1.12. The molecule has 0 unspecified atom stereocenters. The highest BCUT2D eigenvalue weighted by Gasteiger charge is 2.21. The van der Waals surface area contributed by atoms with Crippen molar-refractivity contribution in [3.8, 4) is 0 Å². The van der Waals surface area contributed by atoms with Crippen molar-refractivity contribution in [2.24, 2.45) is 4.99 Å². The lowest BCUT2D eigenvalue weighted by molar-refractivity contribution is 0.0987. The summed E-state index contributed by atoms with van der Waals surface area (Å²) in [7, 11) is 0. The minimum Gasteiger partial charge on any atom is -0.399 e. The quantitative estimate of drug-likeness (QED) is 0.799. The highest BCUT2D eigenvalue weighted by molar-refractivity contribution is 6.09. The topological polar surface area (TPSA) is 71.6 Å². The maximum atomic E-state index is 12.6. The predicted octanol–water partition coefficient (Wildman–Crippen LogP) is 1.74. The largest absolute Gasteiger partial charge is 0.399 e. The third-order valence-electron chi connectivity index (χ3n) is 3.20. The highest BCUT2D eigenvalue weighted by Crippen LogP contribution is 2.25. The number of hydrogen-bond acceptors (Lipinski definition) is 4. The number of nitrogens with two attached hydrogens (primary N) is 1. The van der Waals surface area contributed by atoms with Gasteiger partial charge in [-0.15, -0.1) is 0 Å². The van der Waals surface area contributed by atoms with Crippen molar-refractivity contribution in [3.63, 3.8) is 0 Å². The molecule has 2 aromatic rings. The van der Waals surface area contributed by atoms with Gasteiger partial charge >= 0.3 is 0 Å². The third kappa shape index (κ3) is 2.25. The van der Waals surface area contributed by atoms with E-state index in [9.17, 15) is 4.79 Å². The van der Waals surface area contributed by atoms with Gasteiger partial charge < -0.3 is 10.6 Å². The van der Waals surface area contributed by atoms with Gasteiger partial charge in [0.1, 0.15) is 0 Å². The van der Waals surface area contributed by atoms with Crippen molar-refractivity contribution in [1.29, 1.82) is 0 Å². The summed E-state index contributed by atoms with van der Waals surface area (Å²) in [6, 6.07) is 8.92. The number of amides is 1. The standard InChI is InChI=1S/C15H14N4O/c16-13-1-2-14-12(9-13)10-18-7-8-19(14)15(20)11-3-5-17-6-4-11/h1-6,9-10H,7-8,16H2. The van der Waals surface area contributed by atoms with Gasteiger partial charge in [0.15, 0.2) is 0 Å². The molecular weight excluding hydrogens is 252 g/mol. The van der Waals surface area contributed by atoms with E-state index in [2.05, 4.69) is 9.98 Å². The summed E-state index contributed by atoms with van der Waals surface area (Å²) < 4.78 is 0. The molecule has 100 valence electrons. The second-order valence-electron chi connectivity index (χ2n) is 4.55. The molecule has 1 amide bonds. The van der Waals surface area contributed by atoms with Crippen molar-refractivity contribution in [1.82, 2.24) is 4.98 Å². The number of benzene rings is 1. The second-order valence-corrected chi connectivity index (χ2v) is 4.55. The average Bonchev–Trinajstić information content (AvgIpc) is 2.69. The van der Waals surface area contributed by atoms with Gasteiger partial charge in [0, 0.05) is 42.0 Å². The van der Waals surface area contributed by atoms with Gasteiger partial charge in [-0.25, -0.2) is 0 Å². The van der Waals surface area contributed by atoms with E-state index in [-0.39, 0.29) is 5.91 Å². The van der Waals surface area contributed by atoms with Crippen LogP contribution in [0.25, 0.3) is 0 Å². The zero-order valence-corrected chi connectivity index (χ0v) is 10.9. The normalized spacial score (nSPS) is 13.7. The Morgan fingerprint density at radius 1 is 1.20 bits per heavy atom. The van der Waals surface area contributed by atoms with Crippen molar-refractivity contribution >= 4 is 23.5 Å². The second kappa shape index (κ2) is 5.13. The van der Waals surface area contributed by atoms with E-state index in [0.29, 0.717) is 24.3 Å². The molecule has 1 aliphatic rings. The van der Waals surface area contributed by atoms with Gasteiger partial charge in [-0.3, -0.25) is 14.8 Å². The Labute approximate surface area is 116 Å². The van der Waals surface area contributed by atoms with E-state index in [0.717, 1.165) is 11.3 Å². The maximum Gasteiger partial charge on any atom is 0.258 e. The van der Waals surface area contributed by atoms with E-state index < -0.39 is 0 Å². The van der Waals surface area contributed by atoms with Crippen molar-refractivity contribution < 1.29 is 4.79 Å². The third-order valence-corrected chi connectivity index (χ3v) is 3.20. The Morgan fingerprint density at radius 3 is 2.80 bits per heavy atom. The number of benzodiazepines with no additional fused rings is 1. The molecule has 2 heterocycles. The zero-order valence-electron chi connectivity index (χ0n) is 10.9. The fourth-order valence-corrected chi connectivity index (χ4v) is 2.22. The first-order valence-electron chi connectivity index (χ1n) is 6.37. The molecule has 0 fully saturated rings. The monoisotopic (exact) mass is 266 g/mol. The molecule has 0 radical (unpaired) electrons. The van der Waals surface area contributed by atoms with E-state index >= 15 is 0 Å². The summed E-state index contributed by atoms with van der Waals surface area (Å²) in [5.74, 6) is -0.0519. The van der Waals surface area contributed by atoms with Crippen LogP contribution in [-0.4, -0.2) is 30.2 Å². The molecular formula is C15H14N4O. The summed E-state index contributed by atoms with van der Waals surface area (Å²) in [4.78, 5) is 22.6. The Kier molecular flexibility index (Phi) is 3.16. The van der Waals surface area contributed by atoms with Gasteiger partial charge in [0.25, 0.3) is 5.91 Å². The number of carbonyl (C=O) groups is 1. The molecule has 2 N–H and O–H groups in total. The predicted molar refractivity (Wildman–Crippen MR) is 79.2 cm³/mol. The summed E-state index contributed by atoms with van der Waals surface area (Å²) in [5, 5.41) is 0. The van der Waals surface area contributed by atoms with Crippen LogP contribution in [0.4, 0.5) is 11.4 Å². The lowest BCUT2D eigenvalue weighted by atomic mass is 10.1. The van der Waals surface area contributed by atoms with Crippen LogP contribution >= 0.6 is 0 Å². The van der Waals surface area contributed by atoms with E-state index in [4.69, 9.17) is 5.73 Å². The maximum absolute atomic E-state index is 12.6. The summed E-state index contributed by atoms with van der Waals surface area (Å²) in [5.41, 5.74) is 8.77. The first-order valence-corrected chi connectivity index (χ1v) is 6.37. The number of hydrogen-bond donors (Lipinski definition) is 1. The SMILES string of the molecule is Nc1ccc2c(c1)C=NCCN2C(=O)c1ccncc1. The van der Waals surface area contributed by atoms with Crippen LogP contribution < -0.4 is 10.6 Å². The van der Waals surface area contributed by atoms with Crippen molar-refractivity contribution in [2.45, 2.75) is 0 Å². The molecule has 20 heavy (non-hydrogen) atoms. The number of nitrogen functional groups attached to an aromatic ring is 1. The van der Waals surface area contributed by atoms with Gasteiger partial charge in [0.05, 0.1) is 12.2 Å². The van der Waals surface area contributed by atoms with Crippen molar-refractivity contribution in [2.75, 3.05) is 23.7 Å². The zero-order chi connectivity index (χ0) is 13.9. The van der Waals surface area contributed by atoms with Crippen LogP contribution in [0.5, 0.6) is 0 Å². The van der Waals surface area contributed by atoms with E-state index in [1.54, 1.807) is 41.7 Å². The van der Waals surface area contributed by atoms with Gasteiger partial charge in [-0.1, -0.05) is 0 Å². The van der Waals surface area contributed by atoms with Gasteiger partial charge in [0.2, 0.25) is 0 Å². The molecule has 0 saturated heterocycles. The van der Waals surface area contributed by atoms with Crippen LogP contribution in [0.3, 0.4) is 0 Å². The van der Waals surface area contributed by atoms with Crippen molar-refractivity contribution in [3.05, 3.63) is 53.9 Å². The number of carbonyl (C=O) groups excluding carboxylic acids is 1. The Hall–Kier alpha value is -2.69. The molecule has 5 nitrogen and oxygen atoms in total. The first kappa shape index (κ1) is 12.3.